The Hall–Kier alpha value is -1.37. The van der Waals surface area contributed by atoms with Gasteiger partial charge in [-0.15, -0.1) is 0 Å². The van der Waals surface area contributed by atoms with Gasteiger partial charge >= 0.3 is 13.1 Å². The molecule has 2 atom stereocenters. The van der Waals surface area contributed by atoms with Crippen LogP contribution in [-0.2, 0) is 29.0 Å². The maximum absolute atomic E-state index is 12.5. The topological polar surface area (TPSA) is 54.0 Å². The Labute approximate surface area is 162 Å². The highest BCUT2D eigenvalue weighted by atomic mass is 16.7. The third-order valence-corrected chi connectivity index (χ3v) is 6.21. The third kappa shape index (κ3) is 3.55. The lowest BCUT2D eigenvalue weighted by atomic mass is 9.78. The van der Waals surface area contributed by atoms with Crippen molar-refractivity contribution in [3.8, 4) is 0 Å². The second-order valence-corrected chi connectivity index (χ2v) is 8.59. The SMILES string of the molecule is CCCCO[C@@H]1C[C@]1(C(=O)OC)c1ccc(B2OC(C)(C)C(C)(C)O2)cc1. The summed E-state index contributed by atoms with van der Waals surface area (Å²) in [5.74, 6) is -0.229. The molecule has 1 saturated carbocycles. The average Bonchev–Trinajstić information content (AvgIpc) is 3.30. The summed E-state index contributed by atoms with van der Waals surface area (Å²) in [6.45, 7) is 10.9. The van der Waals surface area contributed by atoms with Crippen molar-refractivity contribution in [2.24, 2.45) is 0 Å². The summed E-state index contributed by atoms with van der Waals surface area (Å²) in [6, 6.07) is 7.90. The minimum atomic E-state index is -0.684. The summed E-state index contributed by atoms with van der Waals surface area (Å²) >= 11 is 0. The Balaban J connectivity index is 1.77. The van der Waals surface area contributed by atoms with E-state index in [1.54, 1.807) is 0 Å². The second-order valence-electron chi connectivity index (χ2n) is 8.59. The first kappa shape index (κ1) is 20.4. The van der Waals surface area contributed by atoms with Crippen molar-refractivity contribution in [1.82, 2.24) is 0 Å². The molecule has 0 spiro atoms. The molecular weight excluding hydrogens is 343 g/mol. The summed E-state index contributed by atoms with van der Waals surface area (Å²) in [5, 5.41) is 0. The van der Waals surface area contributed by atoms with Gasteiger partial charge in [-0.25, -0.2) is 0 Å². The van der Waals surface area contributed by atoms with E-state index in [0.29, 0.717) is 13.0 Å². The van der Waals surface area contributed by atoms with Crippen LogP contribution in [0.2, 0.25) is 0 Å². The highest BCUT2D eigenvalue weighted by Crippen LogP contribution is 2.51. The number of benzene rings is 1. The Bertz CT molecular complexity index is 668. The standard InChI is InChI=1S/C21H31BO5/c1-7-8-13-25-17-14-21(17,18(23)24-6)15-9-11-16(12-10-15)22-26-19(2,3)20(4,5)27-22/h9-12,17H,7-8,13-14H2,1-6H3/t17-,21+/m1/s1. The molecule has 5 nitrogen and oxygen atoms in total. The maximum atomic E-state index is 12.5. The van der Waals surface area contributed by atoms with Crippen molar-refractivity contribution >= 4 is 18.6 Å². The molecule has 2 aliphatic rings. The lowest BCUT2D eigenvalue weighted by Gasteiger charge is -2.32. The molecule has 0 unspecified atom stereocenters. The van der Waals surface area contributed by atoms with Gasteiger partial charge in [-0.2, -0.15) is 0 Å². The maximum Gasteiger partial charge on any atom is 0.494 e. The lowest BCUT2D eigenvalue weighted by Crippen LogP contribution is -2.41. The predicted octanol–water partition coefficient (Wildman–Crippen LogP) is 2.99. The fraction of sp³-hybridized carbons (Fsp3) is 0.667. The summed E-state index contributed by atoms with van der Waals surface area (Å²) in [6.07, 6.45) is 2.62. The number of carbonyl (C=O) groups excluding carboxylic acids is 1. The molecule has 1 aromatic carbocycles. The zero-order valence-corrected chi connectivity index (χ0v) is 17.3. The van der Waals surface area contributed by atoms with Crippen molar-refractivity contribution in [2.45, 2.75) is 76.6 Å². The molecule has 3 rings (SSSR count). The molecule has 27 heavy (non-hydrogen) atoms. The fourth-order valence-corrected chi connectivity index (χ4v) is 3.54. The number of rotatable bonds is 7. The van der Waals surface area contributed by atoms with E-state index in [9.17, 15) is 4.79 Å². The van der Waals surface area contributed by atoms with Crippen molar-refractivity contribution in [3.05, 3.63) is 29.8 Å². The molecule has 1 saturated heterocycles. The monoisotopic (exact) mass is 374 g/mol. The van der Waals surface area contributed by atoms with Gasteiger partial charge in [0.05, 0.1) is 24.4 Å². The molecule has 1 aliphatic heterocycles. The van der Waals surface area contributed by atoms with E-state index >= 15 is 0 Å². The largest absolute Gasteiger partial charge is 0.494 e. The third-order valence-electron chi connectivity index (χ3n) is 6.21. The number of esters is 1. The number of hydrogen-bond donors (Lipinski definition) is 0. The van der Waals surface area contributed by atoms with Crippen LogP contribution in [0.4, 0.5) is 0 Å². The van der Waals surface area contributed by atoms with E-state index in [1.807, 2.05) is 52.0 Å². The molecule has 0 bridgehead atoms. The van der Waals surface area contributed by atoms with Crippen molar-refractivity contribution in [1.29, 1.82) is 0 Å². The fourth-order valence-electron chi connectivity index (χ4n) is 3.54. The molecule has 1 aliphatic carbocycles. The zero-order valence-electron chi connectivity index (χ0n) is 17.3. The molecule has 148 valence electrons. The van der Waals surface area contributed by atoms with Gasteiger partial charge in [0.25, 0.3) is 0 Å². The van der Waals surface area contributed by atoms with Gasteiger partial charge in [-0.3, -0.25) is 4.79 Å². The molecular formula is C21H31BO5. The highest BCUT2D eigenvalue weighted by molar-refractivity contribution is 6.62. The summed E-state index contributed by atoms with van der Waals surface area (Å²) in [5.41, 5.74) is 0.436. The number of ether oxygens (including phenoxy) is 2. The van der Waals surface area contributed by atoms with Crippen LogP contribution >= 0.6 is 0 Å². The average molecular weight is 374 g/mol. The van der Waals surface area contributed by atoms with Gasteiger partial charge in [0.2, 0.25) is 0 Å². The number of unbranched alkanes of at least 4 members (excludes halogenated alkanes) is 1. The predicted molar refractivity (Wildman–Crippen MR) is 105 cm³/mol. The Morgan fingerprint density at radius 1 is 1.15 bits per heavy atom. The number of carbonyl (C=O) groups is 1. The molecule has 2 fully saturated rings. The van der Waals surface area contributed by atoms with E-state index in [4.69, 9.17) is 18.8 Å². The molecule has 1 aromatic rings. The van der Waals surface area contributed by atoms with E-state index in [2.05, 4.69) is 6.92 Å². The van der Waals surface area contributed by atoms with E-state index in [1.165, 1.54) is 7.11 Å². The van der Waals surface area contributed by atoms with Crippen molar-refractivity contribution in [2.75, 3.05) is 13.7 Å². The summed E-state index contributed by atoms with van der Waals surface area (Å²) in [4.78, 5) is 12.5. The van der Waals surface area contributed by atoms with E-state index < -0.39 is 12.5 Å². The van der Waals surface area contributed by atoms with Gasteiger partial charge in [0.15, 0.2) is 0 Å². The minimum absolute atomic E-state index is 0.112. The van der Waals surface area contributed by atoms with Crippen molar-refractivity contribution in [3.63, 3.8) is 0 Å². The molecule has 0 N–H and O–H groups in total. The first-order valence-electron chi connectivity index (χ1n) is 9.84. The van der Waals surface area contributed by atoms with Gasteiger partial charge in [-0.05, 0) is 51.6 Å². The zero-order chi connectivity index (χ0) is 19.9. The number of methoxy groups -OCH3 is 1. The Kier molecular flexibility index (Phi) is 5.45. The Morgan fingerprint density at radius 2 is 1.74 bits per heavy atom. The normalized spacial score (nSPS) is 28.2. The Morgan fingerprint density at radius 3 is 2.26 bits per heavy atom. The quantitative estimate of drug-likeness (QED) is 0.417. The van der Waals surface area contributed by atoms with Crippen LogP contribution in [0.3, 0.4) is 0 Å². The van der Waals surface area contributed by atoms with Crippen LogP contribution < -0.4 is 5.46 Å². The lowest BCUT2D eigenvalue weighted by molar-refractivity contribution is -0.145. The minimum Gasteiger partial charge on any atom is -0.468 e. The van der Waals surface area contributed by atoms with Crippen LogP contribution in [-0.4, -0.2) is 44.1 Å². The molecule has 0 radical (unpaired) electrons. The second kappa shape index (κ2) is 7.23. The molecule has 6 heteroatoms. The highest BCUT2D eigenvalue weighted by Gasteiger charge is 2.63. The van der Waals surface area contributed by atoms with Gasteiger partial charge in [-0.1, -0.05) is 37.6 Å². The number of hydrogen-bond acceptors (Lipinski definition) is 5. The van der Waals surface area contributed by atoms with Crippen LogP contribution in [0.25, 0.3) is 0 Å². The van der Waals surface area contributed by atoms with E-state index in [0.717, 1.165) is 23.9 Å². The van der Waals surface area contributed by atoms with Crippen LogP contribution in [0.1, 0.15) is 59.4 Å². The van der Waals surface area contributed by atoms with Gasteiger partial charge in [0, 0.05) is 6.61 Å². The van der Waals surface area contributed by atoms with Gasteiger partial charge < -0.3 is 18.8 Å². The molecule has 0 amide bonds. The first-order valence-corrected chi connectivity index (χ1v) is 9.84. The van der Waals surface area contributed by atoms with Crippen LogP contribution in [0.5, 0.6) is 0 Å². The van der Waals surface area contributed by atoms with E-state index in [-0.39, 0.29) is 23.3 Å². The summed E-state index contributed by atoms with van der Waals surface area (Å²) < 4.78 is 23.2. The van der Waals surface area contributed by atoms with Gasteiger partial charge in [0.1, 0.15) is 5.41 Å². The first-order chi connectivity index (χ1) is 12.7. The molecule has 1 heterocycles. The summed E-state index contributed by atoms with van der Waals surface area (Å²) in [7, 11) is 1.03. The molecule has 0 aromatic heterocycles. The van der Waals surface area contributed by atoms with Crippen molar-refractivity contribution < 1.29 is 23.6 Å². The van der Waals surface area contributed by atoms with Crippen LogP contribution in [0.15, 0.2) is 24.3 Å². The smallest absolute Gasteiger partial charge is 0.468 e. The van der Waals surface area contributed by atoms with Crippen LogP contribution in [0, 0.1) is 0 Å².